The molecule has 0 aromatic carbocycles. The van der Waals surface area contributed by atoms with Crippen molar-refractivity contribution in [1.29, 1.82) is 0 Å². The van der Waals surface area contributed by atoms with Crippen LogP contribution in [0.25, 0.3) is 0 Å². The van der Waals surface area contributed by atoms with E-state index < -0.39 is 0 Å². The molecule has 3 heterocycles. The first kappa shape index (κ1) is 18.4. The monoisotopic (exact) mass is 366 g/mol. The molecule has 7 nitrogen and oxygen atoms in total. The van der Waals surface area contributed by atoms with E-state index in [0.29, 0.717) is 19.7 Å². The Labute approximate surface area is 152 Å². The van der Waals surface area contributed by atoms with Crippen molar-refractivity contribution in [2.24, 2.45) is 0 Å². The lowest BCUT2D eigenvalue weighted by molar-refractivity contribution is 0.0933. The van der Waals surface area contributed by atoms with Crippen LogP contribution in [-0.2, 0) is 35.7 Å². The zero-order valence-corrected chi connectivity index (χ0v) is 15.9. The van der Waals surface area contributed by atoms with E-state index in [0.717, 1.165) is 48.5 Å². The maximum atomic E-state index is 5.78. The van der Waals surface area contributed by atoms with Crippen molar-refractivity contribution in [3.63, 3.8) is 0 Å². The van der Waals surface area contributed by atoms with E-state index in [4.69, 9.17) is 13.9 Å². The van der Waals surface area contributed by atoms with Crippen molar-refractivity contribution in [3.8, 4) is 0 Å². The fourth-order valence-corrected chi connectivity index (χ4v) is 3.58. The van der Waals surface area contributed by atoms with Crippen LogP contribution in [0.1, 0.15) is 30.2 Å². The van der Waals surface area contributed by atoms with Gasteiger partial charge < -0.3 is 18.5 Å². The van der Waals surface area contributed by atoms with Crippen molar-refractivity contribution in [3.05, 3.63) is 29.5 Å². The van der Waals surface area contributed by atoms with Crippen molar-refractivity contribution in [1.82, 2.24) is 19.7 Å². The summed E-state index contributed by atoms with van der Waals surface area (Å²) in [6.45, 7) is 3.60. The molecule has 3 rings (SSSR count). The van der Waals surface area contributed by atoms with Crippen LogP contribution in [0.15, 0.2) is 21.7 Å². The standard InChI is InChI=1S/C17H26N4O3S/c1-20(9-14-6-7-15(24-14)12-22-2)11-16-18-19-17(25-3)21(16)10-13-5-4-8-23-13/h6-7,13H,4-5,8-12H2,1-3H3/t13-/m0/s1. The van der Waals surface area contributed by atoms with Crippen LogP contribution in [0.3, 0.4) is 0 Å². The van der Waals surface area contributed by atoms with E-state index >= 15 is 0 Å². The highest BCUT2D eigenvalue weighted by molar-refractivity contribution is 7.98. The molecule has 25 heavy (non-hydrogen) atoms. The summed E-state index contributed by atoms with van der Waals surface area (Å²) < 4.78 is 18.8. The number of ether oxygens (including phenoxy) is 2. The summed E-state index contributed by atoms with van der Waals surface area (Å²) >= 11 is 1.62. The first-order valence-electron chi connectivity index (χ1n) is 8.52. The summed E-state index contributed by atoms with van der Waals surface area (Å²) in [5, 5.41) is 9.65. The molecule has 0 unspecified atom stereocenters. The highest BCUT2D eigenvalue weighted by Crippen LogP contribution is 2.21. The number of aromatic nitrogens is 3. The van der Waals surface area contributed by atoms with E-state index in [-0.39, 0.29) is 6.10 Å². The number of hydrogen-bond acceptors (Lipinski definition) is 7. The van der Waals surface area contributed by atoms with Gasteiger partial charge in [-0.25, -0.2) is 0 Å². The lowest BCUT2D eigenvalue weighted by atomic mass is 10.2. The van der Waals surface area contributed by atoms with E-state index in [1.165, 1.54) is 0 Å². The molecule has 0 aliphatic carbocycles. The van der Waals surface area contributed by atoms with Gasteiger partial charge in [0, 0.05) is 13.7 Å². The molecular formula is C17H26N4O3S. The number of nitrogens with zero attached hydrogens (tertiary/aromatic N) is 4. The topological polar surface area (TPSA) is 65.5 Å². The number of hydrogen-bond donors (Lipinski definition) is 0. The summed E-state index contributed by atoms with van der Waals surface area (Å²) in [4.78, 5) is 2.18. The van der Waals surface area contributed by atoms with Crippen LogP contribution in [-0.4, -0.2) is 52.8 Å². The van der Waals surface area contributed by atoms with Crippen molar-refractivity contribution >= 4 is 11.8 Å². The third-order valence-electron chi connectivity index (χ3n) is 4.23. The van der Waals surface area contributed by atoms with Crippen LogP contribution < -0.4 is 0 Å². The van der Waals surface area contributed by atoms with Crippen molar-refractivity contribution < 1.29 is 13.9 Å². The van der Waals surface area contributed by atoms with Gasteiger partial charge in [-0.3, -0.25) is 4.90 Å². The molecule has 1 fully saturated rings. The zero-order chi connectivity index (χ0) is 17.6. The molecule has 0 bridgehead atoms. The van der Waals surface area contributed by atoms with E-state index in [2.05, 4.69) is 26.7 Å². The summed E-state index contributed by atoms with van der Waals surface area (Å²) in [7, 11) is 3.72. The zero-order valence-electron chi connectivity index (χ0n) is 15.1. The van der Waals surface area contributed by atoms with Crippen molar-refractivity contribution in [2.75, 3.05) is 27.0 Å². The molecule has 0 amide bonds. The molecule has 2 aromatic rings. The molecule has 8 heteroatoms. The molecule has 0 spiro atoms. The molecule has 1 atom stereocenters. The lowest BCUT2D eigenvalue weighted by Crippen LogP contribution is -2.23. The van der Waals surface area contributed by atoms with Crippen molar-refractivity contribution in [2.45, 2.75) is 50.3 Å². The minimum atomic E-state index is 0.271. The number of thioether (sulfide) groups is 1. The largest absolute Gasteiger partial charge is 0.462 e. The Kier molecular flexibility index (Phi) is 6.52. The van der Waals surface area contributed by atoms with Crippen LogP contribution in [0.5, 0.6) is 0 Å². The number of rotatable bonds is 9. The Morgan fingerprint density at radius 2 is 2.16 bits per heavy atom. The van der Waals surface area contributed by atoms with E-state index in [1.807, 2.05) is 18.4 Å². The molecule has 1 saturated heterocycles. The van der Waals surface area contributed by atoms with Gasteiger partial charge in [0.25, 0.3) is 0 Å². The highest BCUT2D eigenvalue weighted by Gasteiger charge is 2.21. The molecular weight excluding hydrogens is 340 g/mol. The van der Waals surface area contributed by atoms with E-state index in [9.17, 15) is 0 Å². The molecule has 1 aliphatic heterocycles. The average molecular weight is 366 g/mol. The average Bonchev–Trinajstić information content (AvgIpc) is 3.32. The first-order valence-corrected chi connectivity index (χ1v) is 9.74. The highest BCUT2D eigenvalue weighted by atomic mass is 32.2. The molecule has 0 saturated carbocycles. The number of methoxy groups -OCH3 is 1. The van der Waals surface area contributed by atoms with Gasteiger partial charge in [-0.1, -0.05) is 11.8 Å². The minimum Gasteiger partial charge on any atom is -0.462 e. The quantitative estimate of drug-likeness (QED) is 0.632. The van der Waals surface area contributed by atoms with Gasteiger partial charge in [0.1, 0.15) is 24.0 Å². The fraction of sp³-hybridized carbons (Fsp3) is 0.647. The second kappa shape index (κ2) is 8.84. The van der Waals surface area contributed by atoms with Gasteiger partial charge in [0.2, 0.25) is 0 Å². The van der Waals surface area contributed by atoms with Gasteiger partial charge in [0.15, 0.2) is 5.16 Å². The Morgan fingerprint density at radius 3 is 2.88 bits per heavy atom. The maximum Gasteiger partial charge on any atom is 0.191 e. The molecule has 0 N–H and O–H groups in total. The van der Waals surface area contributed by atoms with Gasteiger partial charge in [-0.05, 0) is 38.3 Å². The Balaban J connectivity index is 1.63. The molecule has 1 aliphatic rings. The Hall–Kier alpha value is -1.35. The Bertz CT molecular complexity index is 667. The minimum absolute atomic E-state index is 0.271. The predicted molar refractivity (Wildman–Crippen MR) is 95.4 cm³/mol. The van der Waals surface area contributed by atoms with Crippen LogP contribution in [0.4, 0.5) is 0 Å². The Morgan fingerprint density at radius 1 is 1.32 bits per heavy atom. The lowest BCUT2D eigenvalue weighted by Gasteiger charge is -2.18. The van der Waals surface area contributed by atoms with Gasteiger partial charge in [0.05, 0.1) is 25.7 Å². The summed E-state index contributed by atoms with van der Waals surface area (Å²) in [5.74, 6) is 2.73. The molecule has 138 valence electrons. The second-order valence-electron chi connectivity index (χ2n) is 6.32. The van der Waals surface area contributed by atoms with Gasteiger partial charge in [-0.2, -0.15) is 0 Å². The number of furan rings is 1. The normalized spacial score (nSPS) is 17.7. The summed E-state index contributed by atoms with van der Waals surface area (Å²) in [6, 6.07) is 3.95. The van der Waals surface area contributed by atoms with Crippen LogP contribution in [0, 0.1) is 0 Å². The smallest absolute Gasteiger partial charge is 0.191 e. The SMILES string of the molecule is COCc1ccc(CN(C)Cc2nnc(SC)n2C[C@@H]2CCCO2)o1. The third kappa shape index (κ3) is 4.84. The van der Waals surface area contributed by atoms with Crippen LogP contribution in [0.2, 0.25) is 0 Å². The van der Waals surface area contributed by atoms with E-state index in [1.54, 1.807) is 18.9 Å². The maximum absolute atomic E-state index is 5.78. The third-order valence-corrected chi connectivity index (χ3v) is 4.89. The molecule has 0 radical (unpaired) electrons. The van der Waals surface area contributed by atoms with Gasteiger partial charge in [-0.15, -0.1) is 10.2 Å². The van der Waals surface area contributed by atoms with Gasteiger partial charge >= 0.3 is 0 Å². The van der Waals surface area contributed by atoms with Crippen LogP contribution >= 0.6 is 11.8 Å². The first-order chi connectivity index (χ1) is 12.2. The predicted octanol–water partition coefficient (Wildman–Crippen LogP) is 2.55. The summed E-state index contributed by atoms with van der Waals surface area (Å²) in [5.41, 5.74) is 0. The fourth-order valence-electron chi connectivity index (χ4n) is 3.05. The second-order valence-corrected chi connectivity index (χ2v) is 7.10. The summed E-state index contributed by atoms with van der Waals surface area (Å²) in [6.07, 6.45) is 4.55. The molecule has 2 aromatic heterocycles.